The Bertz CT molecular complexity index is 1280. The number of Topliss-reactive ketones (excluding diaryl/α,β-unsaturated/α-hetero) is 1. The molecule has 0 aliphatic carbocycles. The molecule has 0 saturated heterocycles. The van der Waals surface area contributed by atoms with E-state index in [-0.39, 0.29) is 24.9 Å². The van der Waals surface area contributed by atoms with Crippen LogP contribution in [0.5, 0.6) is 5.88 Å². The number of ether oxygens (including phenoxy) is 1. The molecule has 0 amide bonds. The first-order chi connectivity index (χ1) is 15.5. The topological polar surface area (TPSA) is 99.2 Å². The monoisotopic (exact) mass is 470 g/mol. The van der Waals surface area contributed by atoms with Gasteiger partial charge in [0.25, 0.3) is 5.88 Å². The third-order valence-electron chi connectivity index (χ3n) is 4.66. The SMILES string of the molecule is O=C(CCc1cn(-c2ccc(-n3ccnc(OCCO)c3=O)cc2)cn1)c1ccc(Cl)s1. The number of imidazole rings is 1. The number of aliphatic hydroxyl groups is 1. The second-order valence-electron chi connectivity index (χ2n) is 6.80. The van der Waals surface area contributed by atoms with Gasteiger partial charge < -0.3 is 14.4 Å². The lowest BCUT2D eigenvalue weighted by Gasteiger charge is -2.09. The molecule has 10 heteroatoms. The van der Waals surface area contributed by atoms with E-state index in [9.17, 15) is 9.59 Å². The summed E-state index contributed by atoms with van der Waals surface area (Å²) in [6, 6.07) is 10.8. The van der Waals surface area contributed by atoms with Crippen LogP contribution in [0.15, 0.2) is 66.1 Å². The van der Waals surface area contributed by atoms with Crippen molar-refractivity contribution in [3.05, 3.63) is 86.6 Å². The Labute approximate surface area is 192 Å². The molecular formula is C22H19ClN4O4S. The summed E-state index contributed by atoms with van der Waals surface area (Å²) < 4.78 is 9.06. The molecule has 0 saturated carbocycles. The first kappa shape index (κ1) is 21.9. The molecule has 3 heterocycles. The number of aliphatic hydroxyl groups excluding tert-OH is 1. The highest BCUT2D eigenvalue weighted by Gasteiger charge is 2.11. The quantitative estimate of drug-likeness (QED) is 0.377. The number of benzene rings is 1. The summed E-state index contributed by atoms with van der Waals surface area (Å²) in [5.74, 6) is -0.0184. The van der Waals surface area contributed by atoms with Gasteiger partial charge in [-0.05, 0) is 42.8 Å². The second kappa shape index (κ2) is 9.90. The van der Waals surface area contributed by atoms with Crippen LogP contribution >= 0.6 is 22.9 Å². The maximum atomic E-state index is 12.5. The van der Waals surface area contributed by atoms with Gasteiger partial charge in [0.1, 0.15) is 6.61 Å². The second-order valence-corrected chi connectivity index (χ2v) is 8.51. The van der Waals surface area contributed by atoms with Crippen LogP contribution in [-0.4, -0.2) is 43.2 Å². The van der Waals surface area contributed by atoms with E-state index < -0.39 is 5.56 Å². The average molecular weight is 471 g/mol. The third kappa shape index (κ3) is 4.96. The Balaban J connectivity index is 1.44. The molecule has 0 aliphatic rings. The van der Waals surface area contributed by atoms with Crippen LogP contribution in [0.25, 0.3) is 11.4 Å². The number of hydrogen-bond donors (Lipinski definition) is 1. The molecule has 1 aromatic carbocycles. The molecule has 0 unspecified atom stereocenters. The molecule has 0 radical (unpaired) electrons. The average Bonchev–Trinajstić information content (AvgIpc) is 3.46. The van der Waals surface area contributed by atoms with Crippen molar-refractivity contribution >= 4 is 28.7 Å². The number of aryl methyl sites for hydroxylation is 1. The molecule has 1 N–H and O–H groups in total. The van der Waals surface area contributed by atoms with Gasteiger partial charge in [-0.1, -0.05) is 11.6 Å². The molecule has 32 heavy (non-hydrogen) atoms. The summed E-state index contributed by atoms with van der Waals surface area (Å²) in [5.41, 5.74) is 1.91. The van der Waals surface area contributed by atoms with Crippen molar-refractivity contribution in [3.63, 3.8) is 0 Å². The largest absolute Gasteiger partial charge is 0.471 e. The van der Waals surface area contributed by atoms with Crippen LogP contribution in [0.4, 0.5) is 0 Å². The zero-order valence-electron chi connectivity index (χ0n) is 16.8. The summed E-state index contributed by atoms with van der Waals surface area (Å²) in [7, 11) is 0. The molecule has 3 aromatic heterocycles. The number of carbonyl (C=O) groups excluding carboxylic acids is 1. The number of rotatable bonds is 9. The number of aromatic nitrogens is 4. The van der Waals surface area contributed by atoms with Crippen LogP contribution in [0.3, 0.4) is 0 Å². The van der Waals surface area contributed by atoms with Crippen LogP contribution in [0.2, 0.25) is 4.34 Å². The van der Waals surface area contributed by atoms with E-state index in [4.69, 9.17) is 21.4 Å². The van der Waals surface area contributed by atoms with Gasteiger partial charge in [0, 0.05) is 36.4 Å². The van der Waals surface area contributed by atoms with E-state index in [1.165, 1.54) is 22.1 Å². The van der Waals surface area contributed by atoms with Crippen molar-refractivity contribution in [2.24, 2.45) is 0 Å². The van der Waals surface area contributed by atoms with Crippen LogP contribution in [0.1, 0.15) is 21.8 Å². The van der Waals surface area contributed by atoms with Crippen molar-refractivity contribution < 1.29 is 14.6 Å². The highest BCUT2D eigenvalue weighted by atomic mass is 35.5. The fraction of sp³-hybridized carbons (Fsp3) is 0.182. The zero-order chi connectivity index (χ0) is 22.5. The fourth-order valence-electron chi connectivity index (χ4n) is 3.09. The molecule has 8 nitrogen and oxygen atoms in total. The maximum absolute atomic E-state index is 12.5. The molecule has 0 spiro atoms. The molecule has 4 rings (SSSR count). The normalized spacial score (nSPS) is 10.9. The minimum Gasteiger partial charge on any atom is -0.471 e. The minimum absolute atomic E-state index is 0.000817. The van der Waals surface area contributed by atoms with E-state index in [0.29, 0.717) is 27.7 Å². The van der Waals surface area contributed by atoms with Gasteiger partial charge in [-0.3, -0.25) is 14.2 Å². The van der Waals surface area contributed by atoms with E-state index in [1.54, 1.807) is 36.8 Å². The van der Waals surface area contributed by atoms with Gasteiger partial charge in [-0.2, -0.15) is 0 Å². The standard InChI is InChI=1S/C22H19ClN4O4S/c23-20-8-7-19(32-20)18(29)6-1-15-13-26(14-25-15)16-2-4-17(5-3-16)27-10-9-24-21(22(27)30)31-12-11-28/h2-5,7-10,13-14,28H,1,6,11-12H2. The molecule has 4 aromatic rings. The summed E-state index contributed by atoms with van der Waals surface area (Å²) in [4.78, 5) is 33.7. The van der Waals surface area contributed by atoms with Crippen molar-refractivity contribution in [2.75, 3.05) is 13.2 Å². The first-order valence-corrected chi connectivity index (χ1v) is 11.0. The Morgan fingerprint density at radius 2 is 1.91 bits per heavy atom. The van der Waals surface area contributed by atoms with Gasteiger partial charge in [0.15, 0.2) is 5.78 Å². The van der Waals surface area contributed by atoms with Crippen molar-refractivity contribution in [3.8, 4) is 17.3 Å². The molecular weight excluding hydrogens is 452 g/mol. The number of halogens is 1. The molecule has 0 bridgehead atoms. The first-order valence-electron chi connectivity index (χ1n) is 9.78. The van der Waals surface area contributed by atoms with Gasteiger partial charge in [0.05, 0.1) is 27.8 Å². The van der Waals surface area contributed by atoms with E-state index in [2.05, 4.69) is 9.97 Å². The smallest absolute Gasteiger partial charge is 0.317 e. The summed E-state index contributed by atoms with van der Waals surface area (Å²) in [6.45, 7) is -0.199. The fourth-order valence-corrected chi connectivity index (χ4v) is 4.10. The van der Waals surface area contributed by atoms with Crippen LogP contribution < -0.4 is 10.3 Å². The van der Waals surface area contributed by atoms with Gasteiger partial charge in [-0.15, -0.1) is 11.3 Å². The number of hydrogen-bond acceptors (Lipinski definition) is 7. The maximum Gasteiger partial charge on any atom is 0.317 e. The summed E-state index contributed by atoms with van der Waals surface area (Å²) in [6.07, 6.45) is 7.48. The number of thiophene rings is 1. The number of nitrogens with zero attached hydrogens (tertiary/aromatic N) is 4. The highest BCUT2D eigenvalue weighted by Crippen LogP contribution is 2.23. The number of ketones is 1. The lowest BCUT2D eigenvalue weighted by molar-refractivity contribution is 0.0986. The summed E-state index contributed by atoms with van der Waals surface area (Å²) >= 11 is 7.17. The van der Waals surface area contributed by atoms with E-state index in [0.717, 1.165) is 11.4 Å². The Hall–Kier alpha value is -3.27. The van der Waals surface area contributed by atoms with Gasteiger partial charge in [0.2, 0.25) is 0 Å². The molecule has 0 atom stereocenters. The predicted octanol–water partition coefficient (Wildman–Crippen LogP) is 3.32. The highest BCUT2D eigenvalue weighted by molar-refractivity contribution is 7.18. The van der Waals surface area contributed by atoms with Crippen LogP contribution in [-0.2, 0) is 6.42 Å². The lowest BCUT2D eigenvalue weighted by atomic mass is 10.1. The predicted molar refractivity (Wildman–Crippen MR) is 122 cm³/mol. The van der Waals surface area contributed by atoms with E-state index >= 15 is 0 Å². The Morgan fingerprint density at radius 1 is 1.12 bits per heavy atom. The van der Waals surface area contributed by atoms with Crippen LogP contribution in [0, 0.1) is 0 Å². The van der Waals surface area contributed by atoms with Crippen molar-refractivity contribution in [1.82, 2.24) is 19.1 Å². The molecule has 0 fully saturated rings. The molecule has 0 aliphatic heterocycles. The van der Waals surface area contributed by atoms with E-state index in [1.807, 2.05) is 22.9 Å². The minimum atomic E-state index is -0.407. The van der Waals surface area contributed by atoms with Gasteiger partial charge >= 0.3 is 5.56 Å². The lowest BCUT2D eigenvalue weighted by Crippen LogP contribution is -2.22. The summed E-state index contributed by atoms with van der Waals surface area (Å²) in [5, 5.41) is 8.87. The van der Waals surface area contributed by atoms with Gasteiger partial charge in [-0.25, -0.2) is 9.97 Å². The molecule has 164 valence electrons. The third-order valence-corrected chi connectivity index (χ3v) is 5.93. The van der Waals surface area contributed by atoms with Crippen molar-refractivity contribution in [1.29, 1.82) is 0 Å². The zero-order valence-corrected chi connectivity index (χ0v) is 18.4. The van der Waals surface area contributed by atoms with Crippen molar-refractivity contribution in [2.45, 2.75) is 12.8 Å². The number of carbonyl (C=O) groups is 1. The Kier molecular flexibility index (Phi) is 6.79. The Morgan fingerprint density at radius 3 is 2.62 bits per heavy atom.